The number of aromatic nitrogens is 2. The fourth-order valence-electron chi connectivity index (χ4n) is 4.18. The Kier molecular flexibility index (Phi) is 6.41. The zero-order valence-electron chi connectivity index (χ0n) is 16.9. The van der Waals surface area contributed by atoms with Gasteiger partial charge in [0.05, 0.1) is 24.4 Å². The summed E-state index contributed by atoms with van der Waals surface area (Å²) in [6.07, 6.45) is 7.40. The fourth-order valence-corrected chi connectivity index (χ4v) is 4.18. The minimum Gasteiger partial charge on any atom is -0.380 e. The number of anilines is 2. The van der Waals surface area contributed by atoms with Crippen LogP contribution in [0.2, 0.25) is 0 Å². The first kappa shape index (κ1) is 19.8. The zero-order chi connectivity index (χ0) is 20.1. The number of nitrogens with zero attached hydrogens (tertiary/aromatic N) is 3. The van der Waals surface area contributed by atoms with E-state index < -0.39 is 0 Å². The summed E-state index contributed by atoms with van der Waals surface area (Å²) in [5, 5.41) is 6.76. The van der Waals surface area contributed by atoms with Crippen molar-refractivity contribution in [3.05, 3.63) is 24.5 Å². The number of hydrogen-bond donors (Lipinski definition) is 2. The molecule has 2 N–H and O–H groups in total. The zero-order valence-corrected chi connectivity index (χ0v) is 16.9. The predicted octanol–water partition coefficient (Wildman–Crippen LogP) is 1.95. The second-order valence-corrected chi connectivity index (χ2v) is 7.71. The van der Waals surface area contributed by atoms with Crippen molar-refractivity contribution in [2.45, 2.75) is 37.8 Å². The standard InChI is InChI=1S/C21H29N5O3/c1-28-14-20(27)25-16-4-2-15(3-5-16)24-19-13-17(26-8-10-29-11-9-26)12-18-21(19)23-7-6-22-18/h6-7,12-13,15-16,24H,2-5,8-11,14H2,1H3,(H,25,27)/t15-,16+. The third-order valence-electron chi connectivity index (χ3n) is 5.66. The molecule has 1 aliphatic carbocycles. The van der Waals surface area contributed by atoms with Crippen LogP contribution in [0, 0.1) is 0 Å². The van der Waals surface area contributed by atoms with Crippen molar-refractivity contribution < 1.29 is 14.3 Å². The van der Waals surface area contributed by atoms with E-state index in [-0.39, 0.29) is 18.6 Å². The van der Waals surface area contributed by atoms with Gasteiger partial charge in [0.15, 0.2) is 0 Å². The van der Waals surface area contributed by atoms with Crippen LogP contribution in [0.25, 0.3) is 11.0 Å². The molecule has 0 atom stereocenters. The van der Waals surface area contributed by atoms with Gasteiger partial charge in [0, 0.05) is 50.4 Å². The summed E-state index contributed by atoms with van der Waals surface area (Å²) in [6, 6.07) is 4.89. The number of morpholine rings is 1. The molecule has 1 saturated carbocycles. The molecule has 1 aromatic heterocycles. The Bertz CT molecular complexity index is 832. The van der Waals surface area contributed by atoms with Crippen molar-refractivity contribution in [2.24, 2.45) is 0 Å². The normalized spacial score (nSPS) is 22.4. The van der Waals surface area contributed by atoms with E-state index >= 15 is 0 Å². The Balaban J connectivity index is 1.45. The monoisotopic (exact) mass is 399 g/mol. The molecule has 0 unspecified atom stereocenters. The van der Waals surface area contributed by atoms with E-state index in [1.165, 1.54) is 0 Å². The number of methoxy groups -OCH3 is 1. The van der Waals surface area contributed by atoms with Gasteiger partial charge >= 0.3 is 0 Å². The van der Waals surface area contributed by atoms with E-state index in [0.717, 1.165) is 74.4 Å². The summed E-state index contributed by atoms with van der Waals surface area (Å²) < 4.78 is 10.4. The van der Waals surface area contributed by atoms with E-state index in [9.17, 15) is 4.79 Å². The van der Waals surface area contributed by atoms with Crippen molar-refractivity contribution in [1.82, 2.24) is 15.3 Å². The average Bonchev–Trinajstić information content (AvgIpc) is 2.76. The summed E-state index contributed by atoms with van der Waals surface area (Å²) >= 11 is 0. The molecular formula is C21H29N5O3. The maximum Gasteiger partial charge on any atom is 0.246 e. The largest absolute Gasteiger partial charge is 0.380 e. The number of carbonyl (C=O) groups excluding carboxylic acids is 1. The molecule has 4 rings (SSSR count). The van der Waals surface area contributed by atoms with Crippen molar-refractivity contribution in [3.63, 3.8) is 0 Å². The van der Waals surface area contributed by atoms with Gasteiger partial charge in [-0.05, 0) is 37.8 Å². The van der Waals surface area contributed by atoms with Crippen LogP contribution in [-0.2, 0) is 14.3 Å². The maximum absolute atomic E-state index is 11.7. The Morgan fingerprint density at radius 2 is 1.86 bits per heavy atom. The fraction of sp³-hybridized carbons (Fsp3) is 0.571. The second kappa shape index (κ2) is 9.37. The number of fused-ring (bicyclic) bond motifs is 1. The molecule has 2 aliphatic rings. The molecule has 0 radical (unpaired) electrons. The molecule has 156 valence electrons. The van der Waals surface area contributed by atoms with Gasteiger partial charge in [0.1, 0.15) is 12.1 Å². The number of nitrogens with one attached hydrogen (secondary N) is 2. The maximum atomic E-state index is 11.7. The molecule has 2 fully saturated rings. The molecule has 1 saturated heterocycles. The van der Waals surface area contributed by atoms with Gasteiger partial charge < -0.3 is 25.0 Å². The van der Waals surface area contributed by atoms with Crippen molar-refractivity contribution in [3.8, 4) is 0 Å². The molecule has 2 aromatic rings. The number of hydrogen-bond acceptors (Lipinski definition) is 7. The number of rotatable bonds is 6. The second-order valence-electron chi connectivity index (χ2n) is 7.71. The van der Waals surface area contributed by atoms with Crippen LogP contribution in [0.3, 0.4) is 0 Å². The van der Waals surface area contributed by atoms with Gasteiger partial charge in [-0.2, -0.15) is 0 Å². The Morgan fingerprint density at radius 3 is 2.62 bits per heavy atom. The first-order valence-corrected chi connectivity index (χ1v) is 10.4. The van der Waals surface area contributed by atoms with Crippen LogP contribution in [0.1, 0.15) is 25.7 Å². The summed E-state index contributed by atoms with van der Waals surface area (Å²) in [6.45, 7) is 3.40. The third kappa shape index (κ3) is 4.94. The van der Waals surface area contributed by atoms with Crippen molar-refractivity contribution in [1.29, 1.82) is 0 Å². The highest BCUT2D eigenvalue weighted by molar-refractivity contribution is 5.91. The highest BCUT2D eigenvalue weighted by Crippen LogP contribution is 2.31. The minimum absolute atomic E-state index is 0.0385. The van der Waals surface area contributed by atoms with Crippen LogP contribution in [0.5, 0.6) is 0 Å². The number of amides is 1. The topological polar surface area (TPSA) is 88.6 Å². The van der Waals surface area contributed by atoms with Crippen LogP contribution >= 0.6 is 0 Å². The molecule has 8 heteroatoms. The van der Waals surface area contributed by atoms with E-state index in [1.54, 1.807) is 19.5 Å². The van der Waals surface area contributed by atoms with Gasteiger partial charge in [0.2, 0.25) is 5.91 Å². The van der Waals surface area contributed by atoms with Crippen LogP contribution in [0.15, 0.2) is 24.5 Å². The SMILES string of the molecule is COCC(=O)N[C@H]1CC[C@@H](Nc2cc(N3CCOCC3)cc3nccnc23)CC1. The number of ether oxygens (including phenoxy) is 2. The van der Waals surface area contributed by atoms with Crippen LogP contribution in [0.4, 0.5) is 11.4 Å². The molecule has 1 aromatic carbocycles. The molecular weight excluding hydrogens is 370 g/mol. The first-order valence-electron chi connectivity index (χ1n) is 10.4. The molecule has 2 heterocycles. The highest BCUT2D eigenvalue weighted by atomic mass is 16.5. The van der Waals surface area contributed by atoms with Crippen LogP contribution < -0.4 is 15.5 Å². The Labute approximate surface area is 171 Å². The quantitative estimate of drug-likeness (QED) is 0.767. The third-order valence-corrected chi connectivity index (χ3v) is 5.66. The van der Waals surface area contributed by atoms with Gasteiger partial charge in [-0.3, -0.25) is 14.8 Å². The first-order chi connectivity index (χ1) is 14.2. The van der Waals surface area contributed by atoms with Gasteiger partial charge in [-0.1, -0.05) is 0 Å². The highest BCUT2D eigenvalue weighted by Gasteiger charge is 2.23. The lowest BCUT2D eigenvalue weighted by atomic mass is 9.91. The molecule has 1 amide bonds. The van der Waals surface area contributed by atoms with Gasteiger partial charge in [-0.25, -0.2) is 0 Å². The van der Waals surface area contributed by atoms with E-state index in [0.29, 0.717) is 6.04 Å². The summed E-state index contributed by atoms with van der Waals surface area (Å²) in [7, 11) is 1.54. The van der Waals surface area contributed by atoms with Gasteiger partial charge in [0.25, 0.3) is 0 Å². The number of benzene rings is 1. The van der Waals surface area contributed by atoms with E-state index in [2.05, 4.69) is 37.6 Å². The molecule has 0 spiro atoms. The Hall–Kier alpha value is -2.45. The average molecular weight is 399 g/mol. The molecule has 0 bridgehead atoms. The molecule has 8 nitrogen and oxygen atoms in total. The van der Waals surface area contributed by atoms with Gasteiger partial charge in [-0.15, -0.1) is 0 Å². The van der Waals surface area contributed by atoms with Crippen LogP contribution in [-0.4, -0.2) is 68.0 Å². The van der Waals surface area contributed by atoms with E-state index in [1.807, 2.05) is 0 Å². The summed E-state index contributed by atoms with van der Waals surface area (Å²) in [4.78, 5) is 23.2. The minimum atomic E-state index is -0.0385. The lowest BCUT2D eigenvalue weighted by molar-refractivity contribution is -0.125. The predicted molar refractivity (Wildman–Crippen MR) is 112 cm³/mol. The van der Waals surface area contributed by atoms with Crippen molar-refractivity contribution in [2.75, 3.05) is 50.2 Å². The lowest BCUT2D eigenvalue weighted by Crippen LogP contribution is -2.41. The summed E-state index contributed by atoms with van der Waals surface area (Å²) in [5.41, 5.74) is 3.99. The number of carbonyl (C=O) groups is 1. The Morgan fingerprint density at radius 1 is 1.14 bits per heavy atom. The molecule has 29 heavy (non-hydrogen) atoms. The van der Waals surface area contributed by atoms with E-state index in [4.69, 9.17) is 9.47 Å². The van der Waals surface area contributed by atoms with Crippen molar-refractivity contribution >= 4 is 28.3 Å². The lowest BCUT2D eigenvalue weighted by Gasteiger charge is -2.32. The summed E-state index contributed by atoms with van der Waals surface area (Å²) in [5.74, 6) is -0.0385. The smallest absolute Gasteiger partial charge is 0.246 e. The molecule has 1 aliphatic heterocycles.